The number of guanidine groups is 1. The van der Waals surface area contributed by atoms with Crippen LogP contribution >= 0.6 is 0 Å². The van der Waals surface area contributed by atoms with E-state index in [9.17, 15) is 9.50 Å². The molecule has 0 aliphatic carbocycles. The number of nitrogens with zero attached hydrogens (tertiary/aromatic N) is 2. The molecule has 7 heteroatoms. The van der Waals surface area contributed by atoms with E-state index < -0.39 is 6.10 Å². The SMILES string of the molecule is CCNC(=NCC(O)c1cc(OC)ccc1OC)N(C)Cc1cccc(F)c1. The Kier molecular flexibility index (Phi) is 8.07. The van der Waals surface area contributed by atoms with E-state index in [1.807, 2.05) is 24.9 Å². The topological polar surface area (TPSA) is 66.3 Å². The highest BCUT2D eigenvalue weighted by atomic mass is 19.1. The van der Waals surface area contributed by atoms with E-state index >= 15 is 0 Å². The third-order valence-corrected chi connectivity index (χ3v) is 4.22. The van der Waals surface area contributed by atoms with Gasteiger partial charge in [-0.25, -0.2) is 4.39 Å². The molecule has 0 amide bonds. The van der Waals surface area contributed by atoms with E-state index in [0.717, 1.165) is 5.56 Å². The summed E-state index contributed by atoms with van der Waals surface area (Å²) in [4.78, 5) is 6.41. The first-order chi connectivity index (χ1) is 13.5. The summed E-state index contributed by atoms with van der Waals surface area (Å²) in [5, 5.41) is 13.8. The van der Waals surface area contributed by atoms with Crippen LogP contribution in [0, 0.1) is 5.82 Å². The third-order valence-electron chi connectivity index (χ3n) is 4.22. The molecule has 0 saturated heterocycles. The Bertz CT molecular complexity index is 798. The van der Waals surface area contributed by atoms with Crippen molar-refractivity contribution in [2.24, 2.45) is 4.99 Å². The van der Waals surface area contributed by atoms with Crippen molar-refractivity contribution in [2.45, 2.75) is 19.6 Å². The average Bonchev–Trinajstić information content (AvgIpc) is 2.70. The summed E-state index contributed by atoms with van der Waals surface area (Å²) < 4.78 is 24.0. The van der Waals surface area contributed by atoms with Crippen molar-refractivity contribution in [3.05, 3.63) is 59.4 Å². The fourth-order valence-corrected chi connectivity index (χ4v) is 2.82. The number of ether oxygens (including phenoxy) is 2. The van der Waals surface area contributed by atoms with Crippen LogP contribution in [0.3, 0.4) is 0 Å². The van der Waals surface area contributed by atoms with Crippen molar-refractivity contribution in [1.82, 2.24) is 10.2 Å². The van der Waals surface area contributed by atoms with Gasteiger partial charge in [0.15, 0.2) is 5.96 Å². The summed E-state index contributed by atoms with van der Waals surface area (Å²) in [7, 11) is 4.99. The Morgan fingerprint density at radius 2 is 2.00 bits per heavy atom. The lowest BCUT2D eigenvalue weighted by Gasteiger charge is -2.23. The third kappa shape index (κ3) is 5.85. The van der Waals surface area contributed by atoms with Crippen LogP contribution in [0.25, 0.3) is 0 Å². The van der Waals surface area contributed by atoms with Gasteiger partial charge in [-0.05, 0) is 42.8 Å². The van der Waals surface area contributed by atoms with Gasteiger partial charge in [0, 0.05) is 25.7 Å². The molecule has 0 aliphatic heterocycles. The van der Waals surface area contributed by atoms with Crippen molar-refractivity contribution < 1.29 is 19.0 Å². The summed E-state index contributed by atoms with van der Waals surface area (Å²) >= 11 is 0. The summed E-state index contributed by atoms with van der Waals surface area (Å²) in [6.07, 6.45) is -0.860. The van der Waals surface area contributed by atoms with Gasteiger partial charge < -0.3 is 24.8 Å². The van der Waals surface area contributed by atoms with Gasteiger partial charge in [0.2, 0.25) is 0 Å². The second kappa shape index (κ2) is 10.5. The van der Waals surface area contributed by atoms with Gasteiger partial charge in [0.1, 0.15) is 23.4 Å². The molecular formula is C21H28FN3O3. The molecule has 1 atom stereocenters. The van der Waals surface area contributed by atoms with Crippen LogP contribution in [0.1, 0.15) is 24.2 Å². The number of benzene rings is 2. The highest BCUT2D eigenvalue weighted by Crippen LogP contribution is 2.29. The molecule has 0 bridgehead atoms. The summed E-state index contributed by atoms with van der Waals surface area (Å²) in [5.41, 5.74) is 1.44. The fourth-order valence-electron chi connectivity index (χ4n) is 2.82. The number of aliphatic hydroxyl groups is 1. The standard InChI is InChI=1S/C21H28FN3O3/c1-5-23-21(25(2)14-15-7-6-8-16(22)11-15)24-13-19(26)18-12-17(27-3)9-10-20(18)28-4/h6-12,19,26H,5,13-14H2,1-4H3,(H,23,24). The monoisotopic (exact) mass is 389 g/mol. The minimum atomic E-state index is -0.860. The first-order valence-electron chi connectivity index (χ1n) is 9.12. The van der Waals surface area contributed by atoms with Crippen LogP contribution in [0.5, 0.6) is 11.5 Å². The summed E-state index contributed by atoms with van der Waals surface area (Å²) in [6.45, 7) is 3.26. The minimum Gasteiger partial charge on any atom is -0.497 e. The molecule has 0 fully saturated rings. The highest BCUT2D eigenvalue weighted by Gasteiger charge is 2.15. The molecule has 0 aromatic heterocycles. The van der Waals surface area contributed by atoms with Gasteiger partial charge >= 0.3 is 0 Å². The van der Waals surface area contributed by atoms with E-state index in [0.29, 0.717) is 36.1 Å². The Hall–Kier alpha value is -2.80. The molecule has 0 heterocycles. The van der Waals surface area contributed by atoms with Crippen LogP contribution in [0.2, 0.25) is 0 Å². The maximum absolute atomic E-state index is 13.4. The van der Waals surface area contributed by atoms with Crippen LogP contribution < -0.4 is 14.8 Å². The lowest BCUT2D eigenvalue weighted by Crippen LogP contribution is -2.38. The van der Waals surface area contributed by atoms with E-state index in [1.165, 1.54) is 12.1 Å². The van der Waals surface area contributed by atoms with Gasteiger partial charge in [-0.2, -0.15) is 0 Å². The zero-order valence-electron chi connectivity index (χ0n) is 16.8. The molecule has 0 radical (unpaired) electrons. The Balaban J connectivity index is 2.15. The van der Waals surface area contributed by atoms with Gasteiger partial charge in [0.05, 0.1) is 20.8 Å². The summed E-state index contributed by atoms with van der Waals surface area (Å²) in [5.74, 6) is 1.55. The quantitative estimate of drug-likeness (QED) is 0.537. The molecule has 2 rings (SSSR count). The van der Waals surface area contributed by atoms with Crippen LogP contribution in [-0.4, -0.2) is 50.3 Å². The molecule has 6 nitrogen and oxygen atoms in total. The van der Waals surface area contributed by atoms with Crippen LogP contribution in [-0.2, 0) is 6.54 Å². The number of hydrogen-bond acceptors (Lipinski definition) is 4. The van der Waals surface area contributed by atoms with Gasteiger partial charge in [-0.15, -0.1) is 0 Å². The number of halogens is 1. The molecule has 0 aliphatic rings. The zero-order chi connectivity index (χ0) is 20.5. The predicted octanol–water partition coefficient (Wildman–Crippen LogP) is 2.97. The van der Waals surface area contributed by atoms with E-state index in [4.69, 9.17) is 9.47 Å². The number of hydrogen-bond donors (Lipinski definition) is 2. The average molecular weight is 389 g/mol. The Morgan fingerprint density at radius 3 is 2.64 bits per heavy atom. The lowest BCUT2D eigenvalue weighted by atomic mass is 10.1. The van der Waals surface area contributed by atoms with Crippen molar-refractivity contribution >= 4 is 5.96 Å². The van der Waals surface area contributed by atoms with Crippen molar-refractivity contribution in [3.63, 3.8) is 0 Å². The van der Waals surface area contributed by atoms with Crippen molar-refractivity contribution in [1.29, 1.82) is 0 Å². The van der Waals surface area contributed by atoms with Crippen LogP contribution in [0.4, 0.5) is 4.39 Å². The maximum Gasteiger partial charge on any atom is 0.194 e. The molecule has 2 aromatic carbocycles. The minimum absolute atomic E-state index is 0.138. The largest absolute Gasteiger partial charge is 0.497 e. The van der Waals surface area contributed by atoms with E-state index in [-0.39, 0.29) is 12.4 Å². The molecule has 2 aromatic rings. The normalized spacial score (nSPS) is 12.4. The molecule has 0 saturated carbocycles. The first kappa shape index (κ1) is 21.5. The zero-order valence-corrected chi connectivity index (χ0v) is 16.8. The number of methoxy groups -OCH3 is 2. The predicted molar refractivity (Wildman–Crippen MR) is 108 cm³/mol. The van der Waals surface area contributed by atoms with Crippen molar-refractivity contribution in [2.75, 3.05) is 34.4 Å². The van der Waals surface area contributed by atoms with Gasteiger partial charge in [-0.3, -0.25) is 4.99 Å². The Labute approximate surface area is 165 Å². The highest BCUT2D eigenvalue weighted by molar-refractivity contribution is 5.79. The van der Waals surface area contributed by atoms with E-state index in [1.54, 1.807) is 38.5 Å². The molecule has 2 N–H and O–H groups in total. The van der Waals surface area contributed by atoms with Crippen molar-refractivity contribution in [3.8, 4) is 11.5 Å². The molecule has 28 heavy (non-hydrogen) atoms. The second-order valence-electron chi connectivity index (χ2n) is 6.30. The number of rotatable bonds is 8. The lowest BCUT2D eigenvalue weighted by molar-refractivity contribution is 0.181. The fraction of sp³-hybridized carbons (Fsp3) is 0.381. The summed E-state index contributed by atoms with van der Waals surface area (Å²) in [6, 6.07) is 11.7. The Morgan fingerprint density at radius 1 is 1.21 bits per heavy atom. The van der Waals surface area contributed by atoms with Crippen LogP contribution in [0.15, 0.2) is 47.5 Å². The first-order valence-corrected chi connectivity index (χ1v) is 9.12. The molecule has 1 unspecified atom stereocenters. The smallest absolute Gasteiger partial charge is 0.194 e. The molecular weight excluding hydrogens is 361 g/mol. The number of aliphatic hydroxyl groups excluding tert-OH is 1. The van der Waals surface area contributed by atoms with Gasteiger partial charge in [0.25, 0.3) is 0 Å². The van der Waals surface area contributed by atoms with E-state index in [2.05, 4.69) is 10.3 Å². The maximum atomic E-state index is 13.4. The molecule has 152 valence electrons. The molecule has 0 spiro atoms. The number of aliphatic imine (C=N–C) groups is 1. The number of nitrogens with one attached hydrogen (secondary N) is 1. The van der Waals surface area contributed by atoms with Gasteiger partial charge in [-0.1, -0.05) is 12.1 Å². The second-order valence-corrected chi connectivity index (χ2v) is 6.30.